The summed E-state index contributed by atoms with van der Waals surface area (Å²) in [5, 5.41) is 0. The quantitative estimate of drug-likeness (QED) is 0.614. The maximum Gasteiger partial charge on any atom is 0.292 e. The van der Waals surface area contributed by atoms with Gasteiger partial charge in [-0.25, -0.2) is 4.98 Å². The van der Waals surface area contributed by atoms with Crippen LogP contribution in [0.3, 0.4) is 0 Å². The Morgan fingerprint density at radius 3 is 2.32 bits per heavy atom. The first kappa shape index (κ1) is 12.6. The van der Waals surface area contributed by atoms with Crippen LogP contribution in [-0.4, -0.2) is 14.4 Å². The van der Waals surface area contributed by atoms with Crippen LogP contribution in [0.25, 0.3) is 28.0 Å². The lowest BCUT2D eigenvalue weighted by Crippen LogP contribution is -2.10. The van der Waals surface area contributed by atoms with Crippen molar-refractivity contribution in [2.45, 2.75) is 0 Å². The van der Waals surface area contributed by atoms with Crippen molar-refractivity contribution in [3.8, 4) is 22.4 Å². The van der Waals surface area contributed by atoms with E-state index < -0.39 is 0 Å². The van der Waals surface area contributed by atoms with Gasteiger partial charge in [-0.05, 0) is 16.7 Å². The van der Waals surface area contributed by atoms with Crippen LogP contribution < -0.4 is 5.56 Å². The molecule has 2 aromatic carbocycles. The molecule has 22 heavy (non-hydrogen) atoms. The average molecular weight is 287 g/mol. The molecule has 2 aromatic heterocycles. The standard InChI is InChI=1S/C18H13N3O/c22-18-17-19-10-11-21(17)12-16(20-18)15-8-6-14(7-9-15)13-4-2-1-3-5-13/h1-12H,(H,20,22). The number of nitrogens with one attached hydrogen (secondary N) is 1. The van der Waals surface area contributed by atoms with Crippen LogP contribution in [0.15, 0.2) is 78.0 Å². The maximum absolute atomic E-state index is 12.0. The van der Waals surface area contributed by atoms with E-state index in [9.17, 15) is 4.79 Å². The van der Waals surface area contributed by atoms with Gasteiger partial charge in [-0.1, -0.05) is 54.6 Å². The topological polar surface area (TPSA) is 50.2 Å². The number of aromatic amines is 1. The summed E-state index contributed by atoms with van der Waals surface area (Å²) < 4.78 is 1.74. The normalized spacial score (nSPS) is 10.9. The highest BCUT2D eigenvalue weighted by molar-refractivity contribution is 5.68. The molecular formula is C18H13N3O. The molecule has 0 spiro atoms. The Kier molecular flexibility index (Phi) is 2.86. The molecular weight excluding hydrogens is 274 g/mol. The van der Waals surface area contributed by atoms with E-state index in [-0.39, 0.29) is 5.56 Å². The van der Waals surface area contributed by atoms with E-state index in [2.05, 4.69) is 34.2 Å². The van der Waals surface area contributed by atoms with Crippen LogP contribution in [0.2, 0.25) is 0 Å². The summed E-state index contributed by atoms with van der Waals surface area (Å²) in [5.74, 6) is 0. The molecule has 4 aromatic rings. The van der Waals surface area contributed by atoms with Crippen LogP contribution in [0.4, 0.5) is 0 Å². The Bertz CT molecular complexity index is 982. The minimum Gasteiger partial charge on any atom is -0.317 e. The molecule has 0 amide bonds. The van der Waals surface area contributed by atoms with Crippen molar-refractivity contribution < 1.29 is 0 Å². The molecule has 0 radical (unpaired) electrons. The first-order chi connectivity index (χ1) is 10.8. The number of hydrogen-bond acceptors (Lipinski definition) is 2. The summed E-state index contributed by atoms with van der Waals surface area (Å²) in [6, 6.07) is 18.3. The molecule has 0 saturated carbocycles. The fourth-order valence-electron chi connectivity index (χ4n) is 2.56. The third-order valence-electron chi connectivity index (χ3n) is 3.69. The summed E-state index contributed by atoms with van der Waals surface area (Å²) in [6.45, 7) is 0. The highest BCUT2D eigenvalue weighted by Gasteiger charge is 2.05. The largest absolute Gasteiger partial charge is 0.317 e. The number of nitrogens with zero attached hydrogens (tertiary/aromatic N) is 2. The van der Waals surface area contributed by atoms with E-state index in [4.69, 9.17) is 0 Å². The van der Waals surface area contributed by atoms with Gasteiger partial charge < -0.3 is 9.38 Å². The third kappa shape index (κ3) is 2.11. The van der Waals surface area contributed by atoms with E-state index in [0.29, 0.717) is 5.65 Å². The number of imidazole rings is 1. The lowest BCUT2D eigenvalue weighted by atomic mass is 10.0. The van der Waals surface area contributed by atoms with Crippen LogP contribution in [0.1, 0.15) is 0 Å². The van der Waals surface area contributed by atoms with Gasteiger partial charge in [0.2, 0.25) is 5.65 Å². The fraction of sp³-hybridized carbons (Fsp3) is 0. The number of benzene rings is 2. The zero-order valence-corrected chi connectivity index (χ0v) is 11.7. The molecule has 0 saturated heterocycles. The van der Waals surface area contributed by atoms with Crippen molar-refractivity contribution in [2.75, 3.05) is 0 Å². The molecule has 0 fully saturated rings. The van der Waals surface area contributed by atoms with E-state index in [1.54, 1.807) is 16.8 Å². The summed E-state index contributed by atoms with van der Waals surface area (Å²) in [4.78, 5) is 18.9. The molecule has 1 N–H and O–H groups in total. The van der Waals surface area contributed by atoms with Crippen molar-refractivity contribution in [1.29, 1.82) is 0 Å². The molecule has 0 bridgehead atoms. The van der Waals surface area contributed by atoms with Crippen molar-refractivity contribution in [3.63, 3.8) is 0 Å². The number of H-pyrrole nitrogens is 1. The van der Waals surface area contributed by atoms with Crippen molar-refractivity contribution in [2.24, 2.45) is 0 Å². The highest BCUT2D eigenvalue weighted by atomic mass is 16.1. The Hall–Kier alpha value is -3.14. The summed E-state index contributed by atoms with van der Waals surface area (Å²) in [5.41, 5.74) is 4.28. The molecule has 4 heteroatoms. The maximum atomic E-state index is 12.0. The van der Waals surface area contributed by atoms with Gasteiger partial charge in [-0.3, -0.25) is 4.79 Å². The lowest BCUT2D eigenvalue weighted by molar-refractivity contribution is 1.10. The van der Waals surface area contributed by atoms with E-state index in [1.807, 2.05) is 36.5 Å². The zero-order valence-electron chi connectivity index (χ0n) is 11.7. The van der Waals surface area contributed by atoms with Crippen molar-refractivity contribution in [3.05, 3.63) is 83.5 Å². The third-order valence-corrected chi connectivity index (χ3v) is 3.69. The van der Waals surface area contributed by atoms with Crippen molar-refractivity contribution in [1.82, 2.24) is 14.4 Å². The van der Waals surface area contributed by atoms with Gasteiger partial charge in [0.05, 0.1) is 5.69 Å². The first-order valence-electron chi connectivity index (χ1n) is 7.03. The predicted molar refractivity (Wildman–Crippen MR) is 86.7 cm³/mol. The van der Waals surface area contributed by atoms with Crippen LogP contribution in [0, 0.1) is 0 Å². The molecule has 4 nitrogen and oxygen atoms in total. The van der Waals surface area contributed by atoms with Gasteiger partial charge in [-0.2, -0.15) is 0 Å². The minimum atomic E-state index is -0.186. The fourth-order valence-corrected chi connectivity index (χ4v) is 2.56. The Balaban J connectivity index is 1.77. The number of hydrogen-bond donors (Lipinski definition) is 1. The van der Waals surface area contributed by atoms with Crippen molar-refractivity contribution >= 4 is 5.65 Å². The zero-order chi connectivity index (χ0) is 14.9. The van der Waals surface area contributed by atoms with E-state index in [0.717, 1.165) is 16.8 Å². The average Bonchev–Trinajstić information content (AvgIpc) is 3.05. The molecule has 2 heterocycles. The molecule has 0 aliphatic rings. The van der Waals surface area contributed by atoms with Crippen LogP contribution >= 0.6 is 0 Å². The molecule has 0 atom stereocenters. The van der Waals surface area contributed by atoms with Crippen LogP contribution in [0.5, 0.6) is 0 Å². The van der Waals surface area contributed by atoms with Crippen LogP contribution in [-0.2, 0) is 0 Å². The minimum absolute atomic E-state index is 0.186. The second-order valence-electron chi connectivity index (χ2n) is 5.10. The van der Waals surface area contributed by atoms with Gasteiger partial charge in [0.15, 0.2) is 0 Å². The molecule has 0 aliphatic carbocycles. The highest BCUT2D eigenvalue weighted by Crippen LogP contribution is 2.23. The molecule has 4 rings (SSSR count). The summed E-state index contributed by atoms with van der Waals surface area (Å²) in [6.07, 6.45) is 5.26. The second kappa shape index (κ2) is 5.00. The monoisotopic (exact) mass is 287 g/mol. The molecule has 0 aliphatic heterocycles. The Morgan fingerprint density at radius 1 is 0.864 bits per heavy atom. The predicted octanol–water partition coefficient (Wildman–Crippen LogP) is 3.36. The molecule has 106 valence electrons. The SMILES string of the molecule is O=c1[nH]c(-c2ccc(-c3ccccc3)cc2)cn2ccnc12. The van der Waals surface area contributed by atoms with E-state index in [1.165, 1.54) is 5.56 Å². The van der Waals surface area contributed by atoms with Gasteiger partial charge in [0.1, 0.15) is 0 Å². The van der Waals surface area contributed by atoms with Gasteiger partial charge in [0, 0.05) is 18.6 Å². The lowest BCUT2D eigenvalue weighted by Gasteiger charge is -2.05. The number of fused-ring (bicyclic) bond motifs is 1. The van der Waals surface area contributed by atoms with Gasteiger partial charge >= 0.3 is 0 Å². The smallest absolute Gasteiger partial charge is 0.292 e. The Labute approximate surface area is 126 Å². The van der Waals surface area contributed by atoms with Gasteiger partial charge in [-0.15, -0.1) is 0 Å². The second-order valence-corrected chi connectivity index (χ2v) is 5.10. The summed E-state index contributed by atoms with van der Waals surface area (Å²) in [7, 11) is 0. The molecule has 0 unspecified atom stereocenters. The number of aromatic nitrogens is 3. The first-order valence-corrected chi connectivity index (χ1v) is 7.03. The number of rotatable bonds is 2. The van der Waals surface area contributed by atoms with Gasteiger partial charge in [0.25, 0.3) is 5.56 Å². The van der Waals surface area contributed by atoms with E-state index >= 15 is 0 Å². The Morgan fingerprint density at radius 2 is 1.55 bits per heavy atom. The summed E-state index contributed by atoms with van der Waals surface area (Å²) >= 11 is 0.